The van der Waals surface area contributed by atoms with E-state index in [2.05, 4.69) is 0 Å². The highest BCUT2D eigenvalue weighted by Crippen LogP contribution is 2.45. The van der Waals surface area contributed by atoms with Crippen LogP contribution in [-0.2, 0) is 42.8 Å². The molecule has 0 N–H and O–H groups in total. The van der Waals surface area contributed by atoms with Gasteiger partial charge in [0, 0.05) is 20.8 Å². The first-order chi connectivity index (χ1) is 11.1. The normalized spacial score (nSPS) is 33.6. The average molecular weight is 346 g/mol. The van der Waals surface area contributed by atoms with E-state index in [1.165, 1.54) is 20.8 Å². The van der Waals surface area contributed by atoms with Gasteiger partial charge in [-0.2, -0.15) is 0 Å². The van der Waals surface area contributed by atoms with Crippen LogP contribution in [0.25, 0.3) is 0 Å². The number of hydrogen-bond acceptors (Lipinski definition) is 9. The summed E-state index contributed by atoms with van der Waals surface area (Å²) in [5.74, 6) is -2.67. The van der Waals surface area contributed by atoms with Crippen LogP contribution in [0.2, 0.25) is 0 Å². The van der Waals surface area contributed by atoms with Gasteiger partial charge in [0.05, 0.1) is 0 Å². The van der Waals surface area contributed by atoms with E-state index in [4.69, 9.17) is 28.4 Å². The topological polar surface area (TPSA) is 107 Å². The van der Waals surface area contributed by atoms with Gasteiger partial charge < -0.3 is 28.4 Å². The Hall–Kier alpha value is -1.71. The van der Waals surface area contributed by atoms with Gasteiger partial charge in [-0.25, -0.2) is 0 Å². The fourth-order valence-electron chi connectivity index (χ4n) is 2.80. The Morgan fingerprint density at radius 3 is 2.12 bits per heavy atom. The third kappa shape index (κ3) is 3.85. The van der Waals surface area contributed by atoms with Gasteiger partial charge in [-0.1, -0.05) is 0 Å². The predicted molar refractivity (Wildman–Crippen MR) is 76.5 cm³/mol. The van der Waals surface area contributed by atoms with Gasteiger partial charge >= 0.3 is 17.9 Å². The van der Waals surface area contributed by atoms with Gasteiger partial charge in [-0.15, -0.1) is 0 Å². The van der Waals surface area contributed by atoms with Crippen molar-refractivity contribution in [1.29, 1.82) is 0 Å². The first kappa shape index (κ1) is 18.6. The molecular formula is C15H22O9. The molecule has 0 spiro atoms. The lowest BCUT2D eigenvalue weighted by Gasteiger charge is -2.36. The fraction of sp³-hybridized carbons (Fsp3) is 0.800. The Morgan fingerprint density at radius 1 is 0.958 bits per heavy atom. The Morgan fingerprint density at radius 2 is 1.58 bits per heavy atom. The van der Waals surface area contributed by atoms with Gasteiger partial charge in [0.1, 0.15) is 19.3 Å². The Kier molecular flexibility index (Phi) is 5.17. The van der Waals surface area contributed by atoms with Crippen molar-refractivity contribution in [2.75, 3.05) is 13.2 Å². The monoisotopic (exact) mass is 346 g/mol. The van der Waals surface area contributed by atoms with Crippen molar-refractivity contribution >= 4 is 17.9 Å². The standard InChI is InChI=1S/C15H22O9/c1-8(16)19-6-11-15(22-10(3)18,7-20-9(2)17)12-13(21-11)24-14(4,5)23-12/h11-13H,6-7H2,1-5H3/t11-,12+,13-,15+/m1/s1. The zero-order chi connectivity index (χ0) is 18.1. The van der Waals surface area contributed by atoms with Crippen molar-refractivity contribution in [3.8, 4) is 0 Å². The van der Waals surface area contributed by atoms with Crippen LogP contribution in [0.5, 0.6) is 0 Å². The zero-order valence-electron chi connectivity index (χ0n) is 14.3. The average Bonchev–Trinajstić information content (AvgIpc) is 2.86. The van der Waals surface area contributed by atoms with Gasteiger partial charge in [0.25, 0.3) is 0 Å². The molecule has 2 rings (SSSR count). The highest BCUT2D eigenvalue weighted by molar-refractivity contribution is 5.68. The summed E-state index contributed by atoms with van der Waals surface area (Å²) in [6.07, 6.45) is -2.59. The lowest BCUT2D eigenvalue weighted by molar-refractivity contribution is -0.246. The molecule has 2 heterocycles. The first-order valence-electron chi connectivity index (χ1n) is 7.53. The molecule has 0 amide bonds. The molecule has 2 aliphatic rings. The third-order valence-corrected chi connectivity index (χ3v) is 3.66. The molecular weight excluding hydrogens is 324 g/mol. The van der Waals surface area contributed by atoms with Crippen molar-refractivity contribution in [2.24, 2.45) is 0 Å². The molecule has 0 aliphatic carbocycles. The molecule has 136 valence electrons. The molecule has 9 nitrogen and oxygen atoms in total. The number of carbonyl (C=O) groups is 3. The van der Waals surface area contributed by atoms with Crippen molar-refractivity contribution in [3.63, 3.8) is 0 Å². The molecule has 0 aromatic rings. The maximum Gasteiger partial charge on any atom is 0.303 e. The van der Waals surface area contributed by atoms with Crippen LogP contribution in [0.4, 0.5) is 0 Å². The van der Waals surface area contributed by atoms with Crippen molar-refractivity contribution in [1.82, 2.24) is 0 Å². The lowest BCUT2D eigenvalue weighted by atomic mass is 9.93. The van der Waals surface area contributed by atoms with Crippen LogP contribution in [0.3, 0.4) is 0 Å². The first-order valence-corrected chi connectivity index (χ1v) is 7.53. The van der Waals surface area contributed by atoms with Gasteiger partial charge in [0.15, 0.2) is 18.2 Å². The van der Waals surface area contributed by atoms with Crippen molar-refractivity contribution in [3.05, 3.63) is 0 Å². The summed E-state index contributed by atoms with van der Waals surface area (Å²) in [6, 6.07) is 0. The molecule has 0 aromatic heterocycles. The Balaban J connectivity index is 2.32. The van der Waals surface area contributed by atoms with E-state index in [0.717, 1.165) is 0 Å². The van der Waals surface area contributed by atoms with E-state index in [1.54, 1.807) is 13.8 Å². The highest BCUT2D eigenvalue weighted by atomic mass is 16.8. The second kappa shape index (κ2) is 6.66. The molecule has 0 bridgehead atoms. The largest absolute Gasteiger partial charge is 0.463 e. The molecule has 0 radical (unpaired) electrons. The minimum absolute atomic E-state index is 0.204. The highest BCUT2D eigenvalue weighted by Gasteiger charge is 2.67. The van der Waals surface area contributed by atoms with E-state index in [-0.39, 0.29) is 13.2 Å². The van der Waals surface area contributed by atoms with Crippen LogP contribution in [0.1, 0.15) is 34.6 Å². The maximum atomic E-state index is 11.7. The molecule has 0 aromatic carbocycles. The number of hydrogen-bond donors (Lipinski definition) is 0. The zero-order valence-corrected chi connectivity index (χ0v) is 14.3. The molecule has 0 saturated carbocycles. The summed E-state index contributed by atoms with van der Waals surface area (Å²) in [5, 5.41) is 0. The number of rotatable bonds is 5. The molecule has 2 fully saturated rings. The van der Waals surface area contributed by atoms with Gasteiger partial charge in [-0.3, -0.25) is 14.4 Å². The molecule has 9 heteroatoms. The van der Waals surface area contributed by atoms with E-state index in [0.29, 0.717) is 0 Å². The number of carbonyl (C=O) groups excluding carboxylic acids is 3. The van der Waals surface area contributed by atoms with Gasteiger partial charge in [-0.05, 0) is 13.8 Å². The number of ether oxygens (including phenoxy) is 6. The number of fused-ring (bicyclic) bond motifs is 1. The van der Waals surface area contributed by atoms with Gasteiger partial charge in [0.2, 0.25) is 5.60 Å². The maximum absolute atomic E-state index is 11.7. The molecule has 2 aliphatic heterocycles. The number of esters is 3. The predicted octanol–water partition coefficient (Wildman–Crippen LogP) is 0.291. The smallest absolute Gasteiger partial charge is 0.303 e. The molecule has 0 unspecified atom stereocenters. The van der Waals surface area contributed by atoms with Crippen LogP contribution >= 0.6 is 0 Å². The second-order valence-corrected chi connectivity index (χ2v) is 6.18. The summed E-state index contributed by atoms with van der Waals surface area (Å²) in [5.41, 5.74) is -1.48. The minimum atomic E-state index is -1.48. The summed E-state index contributed by atoms with van der Waals surface area (Å²) < 4.78 is 32.7. The minimum Gasteiger partial charge on any atom is -0.463 e. The van der Waals surface area contributed by atoms with Crippen LogP contribution in [0.15, 0.2) is 0 Å². The molecule has 24 heavy (non-hydrogen) atoms. The van der Waals surface area contributed by atoms with E-state index >= 15 is 0 Å². The quantitative estimate of drug-likeness (QED) is 0.513. The van der Waals surface area contributed by atoms with Crippen molar-refractivity contribution in [2.45, 2.75) is 64.5 Å². The third-order valence-electron chi connectivity index (χ3n) is 3.66. The second-order valence-electron chi connectivity index (χ2n) is 6.18. The lowest BCUT2D eigenvalue weighted by Crippen LogP contribution is -2.57. The Bertz CT molecular complexity index is 529. The summed E-state index contributed by atoms with van der Waals surface area (Å²) in [4.78, 5) is 34.0. The van der Waals surface area contributed by atoms with Crippen molar-refractivity contribution < 1.29 is 42.8 Å². The van der Waals surface area contributed by atoms with E-state index in [9.17, 15) is 14.4 Å². The SMILES string of the molecule is CC(=O)OC[C@H]1O[C@@H]2OC(C)(C)O[C@@H]2[C@@]1(COC(C)=O)OC(C)=O. The van der Waals surface area contributed by atoms with E-state index < -0.39 is 47.8 Å². The summed E-state index contributed by atoms with van der Waals surface area (Å²) >= 11 is 0. The summed E-state index contributed by atoms with van der Waals surface area (Å²) in [6.45, 7) is 6.53. The van der Waals surface area contributed by atoms with Crippen LogP contribution in [0, 0.1) is 0 Å². The molecule has 2 saturated heterocycles. The molecule has 4 atom stereocenters. The fourth-order valence-corrected chi connectivity index (χ4v) is 2.80. The summed E-state index contributed by atoms with van der Waals surface area (Å²) in [7, 11) is 0. The van der Waals surface area contributed by atoms with E-state index in [1.807, 2.05) is 0 Å². The van der Waals surface area contributed by atoms with Crippen LogP contribution < -0.4 is 0 Å². The van der Waals surface area contributed by atoms with Crippen LogP contribution in [-0.4, -0.2) is 61.0 Å². The Labute approximate surface area is 139 Å².